The van der Waals surface area contributed by atoms with Gasteiger partial charge in [0, 0.05) is 29.9 Å². The van der Waals surface area contributed by atoms with Crippen molar-refractivity contribution in [2.45, 2.75) is 11.3 Å². The lowest BCUT2D eigenvalue weighted by Crippen LogP contribution is -2.13. The van der Waals surface area contributed by atoms with Crippen LogP contribution in [0.1, 0.15) is 6.42 Å². The summed E-state index contributed by atoms with van der Waals surface area (Å²) in [5, 5.41) is 5.08. The number of nitrogens with one attached hydrogen (secondary N) is 1. The maximum absolute atomic E-state index is 13.1. The van der Waals surface area contributed by atoms with E-state index in [-0.39, 0.29) is 10.6 Å². The number of imidazole rings is 1. The van der Waals surface area contributed by atoms with Gasteiger partial charge in [-0.15, -0.1) is 11.3 Å². The molecule has 7 nitrogen and oxygen atoms in total. The Balaban J connectivity index is 1.33. The lowest BCUT2D eigenvalue weighted by Gasteiger charge is -2.08. The van der Waals surface area contributed by atoms with Crippen LogP contribution in [0.15, 0.2) is 83.3 Å². The highest BCUT2D eigenvalue weighted by atomic mass is 32.2. The molecular formula is C24H20FN5O2S2. The molecule has 0 aliphatic rings. The minimum Gasteiger partial charge on any atom is -0.354 e. The summed E-state index contributed by atoms with van der Waals surface area (Å²) in [4.78, 5) is 14.7. The number of rotatable bonds is 8. The van der Waals surface area contributed by atoms with Crippen LogP contribution in [-0.4, -0.2) is 40.1 Å². The SMILES string of the molecule is O=S(=O)(CCCNc1nccc(-c2c(-c3ccccc3)nc3sccn23)n1)c1ccc(F)cc1. The molecule has 1 N–H and O–H groups in total. The third-order valence-corrected chi connectivity index (χ3v) is 7.83. The minimum atomic E-state index is -3.49. The molecular weight excluding hydrogens is 473 g/mol. The van der Waals surface area contributed by atoms with Crippen LogP contribution in [0.25, 0.3) is 27.6 Å². The van der Waals surface area contributed by atoms with E-state index in [9.17, 15) is 12.8 Å². The van der Waals surface area contributed by atoms with Crippen molar-refractivity contribution in [3.05, 3.63) is 84.3 Å². The molecule has 10 heteroatoms. The second-order valence-corrected chi connectivity index (χ2v) is 10.5. The maximum atomic E-state index is 13.1. The Hall–Kier alpha value is -3.63. The molecule has 0 saturated carbocycles. The fourth-order valence-electron chi connectivity index (χ4n) is 3.63. The van der Waals surface area contributed by atoms with Gasteiger partial charge in [-0.1, -0.05) is 30.3 Å². The van der Waals surface area contributed by atoms with Crippen molar-refractivity contribution < 1.29 is 12.8 Å². The van der Waals surface area contributed by atoms with Gasteiger partial charge in [-0.3, -0.25) is 4.40 Å². The highest BCUT2D eigenvalue weighted by Crippen LogP contribution is 2.33. The van der Waals surface area contributed by atoms with Crippen molar-refractivity contribution in [2.24, 2.45) is 0 Å². The third kappa shape index (κ3) is 4.55. The van der Waals surface area contributed by atoms with E-state index in [0.717, 1.165) is 34.0 Å². The molecule has 0 fully saturated rings. The molecule has 3 aromatic heterocycles. The van der Waals surface area contributed by atoms with Gasteiger partial charge in [-0.25, -0.2) is 27.8 Å². The van der Waals surface area contributed by atoms with Gasteiger partial charge in [0.15, 0.2) is 14.8 Å². The number of halogens is 1. The van der Waals surface area contributed by atoms with Gasteiger partial charge >= 0.3 is 0 Å². The van der Waals surface area contributed by atoms with Crippen molar-refractivity contribution in [2.75, 3.05) is 17.6 Å². The average molecular weight is 494 g/mol. The van der Waals surface area contributed by atoms with Crippen LogP contribution < -0.4 is 5.32 Å². The molecule has 172 valence electrons. The number of nitrogens with zero attached hydrogens (tertiary/aromatic N) is 4. The normalized spacial score (nSPS) is 11.7. The fourth-order valence-corrected chi connectivity index (χ4v) is 5.65. The molecule has 0 atom stereocenters. The second kappa shape index (κ2) is 9.32. The number of benzene rings is 2. The topological polar surface area (TPSA) is 89.2 Å². The zero-order valence-electron chi connectivity index (χ0n) is 17.9. The monoisotopic (exact) mass is 493 g/mol. The predicted molar refractivity (Wildman–Crippen MR) is 131 cm³/mol. The van der Waals surface area contributed by atoms with Crippen molar-refractivity contribution in [1.29, 1.82) is 0 Å². The molecule has 2 aromatic carbocycles. The summed E-state index contributed by atoms with van der Waals surface area (Å²) < 4.78 is 40.0. The quantitative estimate of drug-likeness (QED) is 0.243. The second-order valence-electron chi connectivity index (χ2n) is 7.55. The summed E-state index contributed by atoms with van der Waals surface area (Å²) in [5.41, 5.74) is 3.41. The summed E-state index contributed by atoms with van der Waals surface area (Å²) in [6, 6.07) is 16.6. The van der Waals surface area contributed by atoms with Gasteiger partial charge in [0.25, 0.3) is 0 Å². The van der Waals surface area contributed by atoms with Crippen LogP contribution in [0.5, 0.6) is 0 Å². The first-order valence-corrected chi connectivity index (χ1v) is 13.1. The summed E-state index contributed by atoms with van der Waals surface area (Å²) in [6.07, 6.45) is 3.98. The summed E-state index contributed by atoms with van der Waals surface area (Å²) in [7, 11) is -3.49. The number of sulfone groups is 1. The van der Waals surface area contributed by atoms with Crippen molar-refractivity contribution in [3.8, 4) is 22.6 Å². The molecule has 0 amide bonds. The van der Waals surface area contributed by atoms with E-state index >= 15 is 0 Å². The highest BCUT2D eigenvalue weighted by Gasteiger charge is 2.18. The van der Waals surface area contributed by atoms with Gasteiger partial charge < -0.3 is 5.32 Å². The molecule has 5 rings (SSSR count). The third-order valence-electron chi connectivity index (χ3n) is 5.25. The zero-order valence-corrected chi connectivity index (χ0v) is 19.6. The Morgan fingerprint density at radius 3 is 2.59 bits per heavy atom. The van der Waals surface area contributed by atoms with Crippen LogP contribution in [0, 0.1) is 5.82 Å². The first-order chi connectivity index (χ1) is 16.5. The van der Waals surface area contributed by atoms with E-state index in [1.807, 2.05) is 52.4 Å². The van der Waals surface area contributed by atoms with Gasteiger partial charge in [0.1, 0.15) is 11.5 Å². The minimum absolute atomic E-state index is 0.0678. The van der Waals surface area contributed by atoms with E-state index in [0.29, 0.717) is 24.6 Å². The molecule has 0 radical (unpaired) electrons. The summed E-state index contributed by atoms with van der Waals surface area (Å²) in [6.45, 7) is 0.371. The van der Waals surface area contributed by atoms with Crippen molar-refractivity contribution in [1.82, 2.24) is 19.4 Å². The van der Waals surface area contributed by atoms with Crippen molar-refractivity contribution in [3.63, 3.8) is 0 Å². The van der Waals surface area contributed by atoms with E-state index < -0.39 is 15.7 Å². The van der Waals surface area contributed by atoms with Crippen LogP contribution in [0.4, 0.5) is 10.3 Å². The first-order valence-electron chi connectivity index (χ1n) is 10.6. The molecule has 0 saturated heterocycles. The highest BCUT2D eigenvalue weighted by molar-refractivity contribution is 7.91. The van der Waals surface area contributed by atoms with Crippen molar-refractivity contribution >= 4 is 32.1 Å². The Morgan fingerprint density at radius 2 is 1.79 bits per heavy atom. The summed E-state index contributed by atoms with van der Waals surface area (Å²) in [5.74, 6) is -0.131. The van der Waals surface area contributed by atoms with E-state index in [2.05, 4.69) is 15.3 Å². The summed E-state index contributed by atoms with van der Waals surface area (Å²) >= 11 is 1.55. The van der Waals surface area contributed by atoms with Crippen LogP contribution in [0.3, 0.4) is 0 Å². The van der Waals surface area contributed by atoms with Crippen LogP contribution >= 0.6 is 11.3 Å². The fraction of sp³-hybridized carbons (Fsp3) is 0.125. The largest absolute Gasteiger partial charge is 0.354 e. The van der Waals surface area contributed by atoms with Crippen LogP contribution in [-0.2, 0) is 9.84 Å². The number of hydrogen-bond acceptors (Lipinski definition) is 7. The first kappa shape index (κ1) is 22.2. The van der Waals surface area contributed by atoms with Gasteiger partial charge in [-0.2, -0.15) is 0 Å². The molecule has 0 bridgehead atoms. The Labute approximate surface area is 199 Å². The Bertz CT molecular complexity index is 1530. The molecule has 34 heavy (non-hydrogen) atoms. The number of aromatic nitrogens is 4. The average Bonchev–Trinajstić information content (AvgIpc) is 3.44. The number of fused-ring (bicyclic) bond motifs is 1. The molecule has 0 spiro atoms. The maximum Gasteiger partial charge on any atom is 0.223 e. The predicted octanol–water partition coefficient (Wildman–Crippen LogP) is 4.93. The van der Waals surface area contributed by atoms with Gasteiger partial charge in [0.05, 0.1) is 22.0 Å². The lowest BCUT2D eigenvalue weighted by molar-refractivity contribution is 0.592. The molecule has 0 aliphatic heterocycles. The lowest BCUT2D eigenvalue weighted by atomic mass is 10.1. The van der Waals surface area contributed by atoms with E-state index in [4.69, 9.17) is 4.98 Å². The number of hydrogen-bond donors (Lipinski definition) is 1. The Morgan fingerprint density at radius 1 is 1.00 bits per heavy atom. The van der Waals surface area contributed by atoms with Gasteiger partial charge in [-0.05, 0) is 36.8 Å². The Kier molecular flexibility index (Phi) is 6.08. The smallest absolute Gasteiger partial charge is 0.223 e. The van der Waals surface area contributed by atoms with Gasteiger partial charge in [0.2, 0.25) is 5.95 Å². The zero-order chi connectivity index (χ0) is 23.5. The van der Waals surface area contributed by atoms with Crippen LogP contribution in [0.2, 0.25) is 0 Å². The molecule has 3 heterocycles. The standard InChI is InChI=1S/C24H20FN5O2S2/c25-18-7-9-19(10-8-18)34(31,32)16-4-12-26-23-27-13-11-20(28-23)22-21(17-5-2-1-3-6-17)29-24-30(22)14-15-33-24/h1-3,5-11,13-15H,4,12,16H2,(H,26,27,28). The molecule has 5 aromatic rings. The van der Waals surface area contributed by atoms with E-state index in [1.54, 1.807) is 17.5 Å². The number of anilines is 1. The number of thiazole rings is 1. The van der Waals surface area contributed by atoms with E-state index in [1.165, 1.54) is 12.1 Å². The molecule has 0 aliphatic carbocycles. The molecule has 0 unspecified atom stereocenters.